The second-order valence-electron chi connectivity index (χ2n) is 7.25. The molecule has 1 saturated heterocycles. The summed E-state index contributed by atoms with van der Waals surface area (Å²) in [7, 11) is -3.77. The van der Waals surface area contributed by atoms with Crippen LogP contribution in [0.15, 0.2) is 52.9 Å². The number of amides is 3. The number of hydrogen-bond acceptors (Lipinski definition) is 7. The molecule has 1 aliphatic carbocycles. The maximum Gasteiger partial charge on any atom is 0.263 e. The SMILES string of the molecule is O=C(CCN1C(=O)C2CC=CCC2C1=O)Nc1ccc(S(=O)(=O)Nc2nccs2)cc1. The van der Waals surface area contributed by atoms with Gasteiger partial charge in [-0.3, -0.25) is 24.0 Å². The molecule has 9 nitrogen and oxygen atoms in total. The molecule has 4 rings (SSSR count). The zero-order valence-corrected chi connectivity index (χ0v) is 18.0. The van der Waals surface area contributed by atoms with Crippen molar-refractivity contribution in [1.29, 1.82) is 0 Å². The van der Waals surface area contributed by atoms with E-state index in [1.165, 1.54) is 35.4 Å². The minimum absolute atomic E-state index is 0.0285. The van der Waals surface area contributed by atoms with Crippen molar-refractivity contribution in [3.63, 3.8) is 0 Å². The summed E-state index contributed by atoms with van der Waals surface area (Å²) in [6.07, 6.45) is 6.41. The first-order chi connectivity index (χ1) is 14.8. The second-order valence-corrected chi connectivity index (χ2v) is 9.83. The Kier molecular flexibility index (Phi) is 5.88. The van der Waals surface area contributed by atoms with Gasteiger partial charge in [-0.2, -0.15) is 0 Å². The van der Waals surface area contributed by atoms with Gasteiger partial charge in [0.05, 0.1) is 16.7 Å². The fourth-order valence-electron chi connectivity index (χ4n) is 3.69. The number of fused-ring (bicyclic) bond motifs is 1. The summed E-state index contributed by atoms with van der Waals surface area (Å²) in [4.78, 5) is 42.3. The van der Waals surface area contributed by atoms with Crippen molar-refractivity contribution < 1.29 is 22.8 Å². The van der Waals surface area contributed by atoms with Crippen LogP contribution in [0, 0.1) is 11.8 Å². The van der Waals surface area contributed by atoms with Gasteiger partial charge in [0.25, 0.3) is 10.0 Å². The summed E-state index contributed by atoms with van der Waals surface area (Å²) in [6, 6.07) is 5.69. The summed E-state index contributed by atoms with van der Waals surface area (Å²) in [5.41, 5.74) is 0.412. The molecule has 0 spiro atoms. The molecular weight excluding hydrogens is 440 g/mol. The number of nitrogens with one attached hydrogen (secondary N) is 2. The van der Waals surface area contributed by atoms with E-state index in [0.29, 0.717) is 18.5 Å². The number of rotatable bonds is 7. The Morgan fingerprint density at radius 2 is 1.74 bits per heavy atom. The molecule has 2 heterocycles. The van der Waals surface area contributed by atoms with Gasteiger partial charge >= 0.3 is 0 Å². The molecule has 0 radical (unpaired) electrons. The quantitative estimate of drug-likeness (QED) is 0.482. The molecule has 11 heteroatoms. The number of imide groups is 1. The van der Waals surface area contributed by atoms with Gasteiger partial charge < -0.3 is 5.32 Å². The predicted octanol–water partition coefficient (Wildman–Crippen LogP) is 2.22. The molecule has 2 N–H and O–H groups in total. The van der Waals surface area contributed by atoms with Gasteiger partial charge in [0.2, 0.25) is 17.7 Å². The van der Waals surface area contributed by atoms with E-state index in [0.717, 1.165) is 11.3 Å². The van der Waals surface area contributed by atoms with Crippen molar-refractivity contribution in [2.75, 3.05) is 16.6 Å². The summed E-state index contributed by atoms with van der Waals surface area (Å²) in [5.74, 6) is -1.42. The summed E-state index contributed by atoms with van der Waals surface area (Å²) < 4.78 is 27.1. The van der Waals surface area contributed by atoms with E-state index >= 15 is 0 Å². The molecule has 1 aliphatic heterocycles. The fraction of sp³-hybridized carbons (Fsp3) is 0.300. The van der Waals surface area contributed by atoms with Crippen LogP contribution in [0.5, 0.6) is 0 Å². The third kappa shape index (κ3) is 4.52. The third-order valence-corrected chi connectivity index (χ3v) is 7.44. The number of thiazole rings is 1. The average molecular weight is 461 g/mol. The minimum Gasteiger partial charge on any atom is -0.326 e. The first-order valence-electron chi connectivity index (χ1n) is 9.67. The average Bonchev–Trinajstić information content (AvgIpc) is 3.34. The number of benzene rings is 1. The lowest BCUT2D eigenvalue weighted by atomic mass is 9.85. The van der Waals surface area contributed by atoms with Crippen molar-refractivity contribution in [1.82, 2.24) is 9.88 Å². The molecule has 1 aromatic carbocycles. The number of nitrogens with zero attached hydrogens (tertiary/aromatic N) is 2. The van der Waals surface area contributed by atoms with Crippen LogP contribution in [0.1, 0.15) is 19.3 Å². The maximum absolute atomic E-state index is 12.4. The lowest BCUT2D eigenvalue weighted by molar-refractivity contribution is -0.140. The van der Waals surface area contributed by atoms with Crippen molar-refractivity contribution in [2.45, 2.75) is 24.2 Å². The standard InChI is InChI=1S/C20H20N4O5S2/c25-17(9-11-24-18(26)15-3-1-2-4-16(15)19(24)27)22-13-5-7-14(8-6-13)31(28,29)23-20-21-10-12-30-20/h1-2,5-8,10,12,15-16H,3-4,9,11H2,(H,21,23)(H,22,25). The van der Waals surface area contributed by atoms with E-state index in [2.05, 4.69) is 15.0 Å². The van der Waals surface area contributed by atoms with Gasteiger partial charge in [0, 0.05) is 30.2 Å². The molecule has 1 fully saturated rings. The van der Waals surface area contributed by atoms with Crippen LogP contribution in [0.25, 0.3) is 0 Å². The van der Waals surface area contributed by atoms with E-state index in [9.17, 15) is 22.8 Å². The van der Waals surface area contributed by atoms with E-state index < -0.39 is 10.0 Å². The highest BCUT2D eigenvalue weighted by molar-refractivity contribution is 7.93. The Hall–Kier alpha value is -3.05. The summed E-state index contributed by atoms with van der Waals surface area (Å²) in [5, 5.41) is 4.58. The molecule has 162 valence electrons. The molecule has 0 bridgehead atoms. The van der Waals surface area contributed by atoms with E-state index in [1.807, 2.05) is 12.2 Å². The highest BCUT2D eigenvalue weighted by Crippen LogP contribution is 2.35. The molecule has 1 aromatic heterocycles. The molecule has 2 unspecified atom stereocenters. The second kappa shape index (κ2) is 8.60. The van der Waals surface area contributed by atoms with E-state index in [4.69, 9.17) is 0 Å². The lowest BCUT2D eigenvalue weighted by Gasteiger charge is -2.14. The number of aromatic nitrogens is 1. The first-order valence-corrected chi connectivity index (χ1v) is 12.0. The Morgan fingerprint density at radius 3 is 2.32 bits per heavy atom. The summed E-state index contributed by atoms with van der Waals surface area (Å²) >= 11 is 1.16. The lowest BCUT2D eigenvalue weighted by Crippen LogP contribution is -2.34. The minimum atomic E-state index is -3.77. The predicted molar refractivity (Wildman–Crippen MR) is 115 cm³/mol. The molecule has 3 amide bonds. The van der Waals surface area contributed by atoms with Gasteiger partial charge in [0.15, 0.2) is 5.13 Å². The van der Waals surface area contributed by atoms with Gasteiger partial charge in [-0.15, -0.1) is 11.3 Å². The Labute approximate surface area is 183 Å². The third-order valence-electron chi connectivity index (χ3n) is 5.26. The monoisotopic (exact) mass is 460 g/mol. The van der Waals surface area contributed by atoms with Crippen LogP contribution >= 0.6 is 11.3 Å². The van der Waals surface area contributed by atoms with Crippen molar-refractivity contribution >= 4 is 49.9 Å². The molecule has 0 saturated carbocycles. The first kappa shape index (κ1) is 21.2. The normalized spacial score (nSPS) is 20.6. The maximum atomic E-state index is 12.4. The van der Waals surface area contributed by atoms with Crippen LogP contribution in [-0.2, 0) is 24.4 Å². The molecule has 2 aliphatic rings. The molecule has 2 aromatic rings. The molecule has 2 atom stereocenters. The largest absolute Gasteiger partial charge is 0.326 e. The van der Waals surface area contributed by atoms with Gasteiger partial charge in [-0.1, -0.05) is 12.2 Å². The Morgan fingerprint density at radius 1 is 1.10 bits per heavy atom. The van der Waals surface area contributed by atoms with Crippen molar-refractivity contribution in [2.24, 2.45) is 11.8 Å². The van der Waals surface area contributed by atoms with E-state index in [-0.39, 0.29) is 52.5 Å². The zero-order chi connectivity index (χ0) is 22.0. The van der Waals surface area contributed by atoms with Crippen LogP contribution in [0.3, 0.4) is 0 Å². The molecular formula is C20H20N4O5S2. The van der Waals surface area contributed by atoms with Crippen LogP contribution in [0.2, 0.25) is 0 Å². The zero-order valence-electron chi connectivity index (χ0n) is 16.4. The highest BCUT2D eigenvalue weighted by atomic mass is 32.2. The topological polar surface area (TPSA) is 126 Å². The molecule has 31 heavy (non-hydrogen) atoms. The van der Waals surface area contributed by atoms with Gasteiger partial charge in [0.1, 0.15) is 0 Å². The van der Waals surface area contributed by atoms with Crippen LogP contribution in [0.4, 0.5) is 10.8 Å². The number of hydrogen-bond donors (Lipinski definition) is 2. The Bertz CT molecular complexity index is 1100. The number of anilines is 2. The number of sulfonamides is 1. The van der Waals surface area contributed by atoms with Crippen LogP contribution < -0.4 is 10.0 Å². The summed E-state index contributed by atoms with van der Waals surface area (Å²) in [6.45, 7) is 0.0285. The number of carbonyl (C=O) groups is 3. The van der Waals surface area contributed by atoms with E-state index in [1.54, 1.807) is 5.38 Å². The van der Waals surface area contributed by atoms with Crippen molar-refractivity contribution in [3.8, 4) is 0 Å². The van der Waals surface area contributed by atoms with Crippen LogP contribution in [-0.4, -0.2) is 42.6 Å². The number of carbonyl (C=O) groups excluding carboxylic acids is 3. The number of likely N-dealkylation sites (tertiary alicyclic amines) is 1. The Balaban J connectivity index is 1.32. The van der Waals surface area contributed by atoms with Crippen molar-refractivity contribution in [3.05, 3.63) is 48.0 Å². The fourth-order valence-corrected chi connectivity index (χ4v) is 5.48. The smallest absolute Gasteiger partial charge is 0.263 e. The van der Waals surface area contributed by atoms with Gasteiger partial charge in [-0.25, -0.2) is 13.4 Å². The number of allylic oxidation sites excluding steroid dienone is 2. The highest BCUT2D eigenvalue weighted by Gasteiger charge is 2.46. The van der Waals surface area contributed by atoms with Gasteiger partial charge in [-0.05, 0) is 37.1 Å².